The Bertz CT molecular complexity index is 1260. The molecule has 0 heterocycles. The quantitative estimate of drug-likeness (QED) is 0.356. The Balaban J connectivity index is 1.54. The molecule has 0 saturated heterocycles. The van der Waals surface area contributed by atoms with Crippen molar-refractivity contribution in [2.45, 2.75) is 6.54 Å². The maximum absolute atomic E-state index is 3.66. The summed E-state index contributed by atoms with van der Waals surface area (Å²) < 4.78 is 0. The van der Waals surface area contributed by atoms with Crippen molar-refractivity contribution in [2.75, 3.05) is 5.32 Å². The topological polar surface area (TPSA) is 12.0 Å². The van der Waals surface area contributed by atoms with Crippen LogP contribution in [0.15, 0.2) is 109 Å². The average molecular weight is 359 g/mol. The average Bonchev–Trinajstić information content (AvgIpc) is 2.77. The lowest BCUT2D eigenvalue weighted by Crippen LogP contribution is -2.02. The molecule has 0 saturated carbocycles. The third kappa shape index (κ3) is 3.01. The fraction of sp³-hybridized carbons (Fsp3) is 0.0370. The summed E-state index contributed by atoms with van der Waals surface area (Å²) in [6, 6.07) is 38.8. The van der Waals surface area contributed by atoms with Gasteiger partial charge in [0.05, 0.1) is 0 Å². The molecule has 1 nitrogen and oxygen atoms in total. The second kappa shape index (κ2) is 7.21. The second-order valence-corrected chi connectivity index (χ2v) is 7.06. The zero-order valence-corrected chi connectivity index (χ0v) is 15.6. The van der Waals surface area contributed by atoms with Crippen molar-refractivity contribution in [3.63, 3.8) is 0 Å². The van der Waals surface area contributed by atoms with Crippen molar-refractivity contribution >= 4 is 27.2 Å². The molecule has 0 aliphatic rings. The fourth-order valence-electron chi connectivity index (χ4n) is 3.97. The van der Waals surface area contributed by atoms with Crippen molar-refractivity contribution in [1.82, 2.24) is 0 Å². The van der Waals surface area contributed by atoms with Crippen LogP contribution in [0.1, 0.15) is 5.56 Å². The van der Waals surface area contributed by atoms with Crippen molar-refractivity contribution in [3.05, 3.63) is 115 Å². The fourth-order valence-corrected chi connectivity index (χ4v) is 3.97. The first-order chi connectivity index (χ1) is 13.9. The molecule has 0 aromatic heterocycles. The van der Waals surface area contributed by atoms with Crippen molar-refractivity contribution < 1.29 is 0 Å². The predicted octanol–water partition coefficient (Wildman–Crippen LogP) is 7.27. The summed E-state index contributed by atoms with van der Waals surface area (Å²) in [6.07, 6.45) is 0. The monoisotopic (exact) mass is 359 g/mol. The maximum Gasteiger partial charge on any atom is 0.0422 e. The molecule has 134 valence electrons. The Morgan fingerprint density at radius 2 is 1.04 bits per heavy atom. The summed E-state index contributed by atoms with van der Waals surface area (Å²) in [5.41, 5.74) is 5.04. The highest BCUT2D eigenvalue weighted by atomic mass is 14.9. The van der Waals surface area contributed by atoms with Gasteiger partial charge in [0.15, 0.2) is 0 Å². The molecule has 28 heavy (non-hydrogen) atoms. The summed E-state index contributed by atoms with van der Waals surface area (Å²) in [5.74, 6) is 0. The van der Waals surface area contributed by atoms with Crippen molar-refractivity contribution in [3.8, 4) is 11.1 Å². The number of nitrogens with one attached hydrogen (secondary N) is 1. The predicted molar refractivity (Wildman–Crippen MR) is 121 cm³/mol. The van der Waals surface area contributed by atoms with Crippen molar-refractivity contribution in [1.29, 1.82) is 0 Å². The van der Waals surface area contributed by atoms with Crippen LogP contribution in [-0.2, 0) is 6.54 Å². The molecule has 5 aromatic carbocycles. The van der Waals surface area contributed by atoms with Gasteiger partial charge in [0.25, 0.3) is 0 Å². The van der Waals surface area contributed by atoms with E-state index >= 15 is 0 Å². The van der Waals surface area contributed by atoms with Gasteiger partial charge in [-0.1, -0.05) is 103 Å². The number of fused-ring (bicyclic) bond motifs is 2. The van der Waals surface area contributed by atoms with Gasteiger partial charge in [0, 0.05) is 17.6 Å². The Labute approximate surface area is 165 Å². The van der Waals surface area contributed by atoms with E-state index in [0.717, 1.165) is 6.54 Å². The van der Waals surface area contributed by atoms with Gasteiger partial charge in [-0.25, -0.2) is 0 Å². The Hall–Kier alpha value is -3.58. The van der Waals surface area contributed by atoms with Gasteiger partial charge >= 0.3 is 0 Å². The van der Waals surface area contributed by atoms with E-state index in [2.05, 4.69) is 115 Å². The lowest BCUT2D eigenvalue weighted by atomic mass is 9.94. The smallest absolute Gasteiger partial charge is 0.0422 e. The summed E-state index contributed by atoms with van der Waals surface area (Å²) in [7, 11) is 0. The van der Waals surface area contributed by atoms with Crippen LogP contribution in [0.25, 0.3) is 32.7 Å². The summed E-state index contributed by atoms with van der Waals surface area (Å²) >= 11 is 0. The zero-order chi connectivity index (χ0) is 18.8. The highest BCUT2D eigenvalue weighted by Crippen LogP contribution is 2.32. The first-order valence-corrected chi connectivity index (χ1v) is 9.68. The minimum Gasteiger partial charge on any atom is -0.380 e. The Kier molecular flexibility index (Phi) is 4.27. The Morgan fingerprint density at radius 3 is 1.89 bits per heavy atom. The van der Waals surface area contributed by atoms with Crippen LogP contribution < -0.4 is 5.32 Å². The first-order valence-electron chi connectivity index (χ1n) is 9.68. The molecule has 0 unspecified atom stereocenters. The van der Waals surface area contributed by atoms with Gasteiger partial charge in [0.2, 0.25) is 0 Å². The van der Waals surface area contributed by atoms with Crippen molar-refractivity contribution in [2.24, 2.45) is 0 Å². The van der Waals surface area contributed by atoms with Gasteiger partial charge in [-0.3, -0.25) is 0 Å². The Morgan fingerprint density at radius 1 is 0.464 bits per heavy atom. The molecule has 0 spiro atoms. The van der Waals surface area contributed by atoms with Gasteiger partial charge in [0.1, 0.15) is 0 Å². The highest BCUT2D eigenvalue weighted by molar-refractivity contribution is 5.97. The van der Waals surface area contributed by atoms with Gasteiger partial charge in [-0.15, -0.1) is 0 Å². The number of anilines is 1. The summed E-state index contributed by atoms with van der Waals surface area (Å²) in [5, 5.41) is 8.75. The number of hydrogen-bond acceptors (Lipinski definition) is 1. The van der Waals surface area contributed by atoms with Crippen LogP contribution in [0.5, 0.6) is 0 Å². The molecule has 0 amide bonds. The van der Waals surface area contributed by atoms with E-state index in [1.165, 1.54) is 43.9 Å². The molecular weight excluding hydrogens is 338 g/mol. The molecule has 1 N–H and O–H groups in total. The molecular formula is C27H21N. The molecule has 0 aliphatic carbocycles. The molecule has 0 atom stereocenters. The van der Waals surface area contributed by atoms with Gasteiger partial charge < -0.3 is 5.32 Å². The number of benzene rings is 5. The van der Waals surface area contributed by atoms with Crippen LogP contribution in [0.3, 0.4) is 0 Å². The zero-order valence-electron chi connectivity index (χ0n) is 15.6. The lowest BCUT2D eigenvalue weighted by Gasteiger charge is -2.15. The third-order valence-electron chi connectivity index (χ3n) is 5.36. The van der Waals surface area contributed by atoms with Gasteiger partial charge in [-0.05, 0) is 38.9 Å². The van der Waals surface area contributed by atoms with E-state index in [4.69, 9.17) is 0 Å². The molecule has 5 aromatic rings. The SMILES string of the molecule is c1ccc(-c2cccc3ccccc23)c(CNc2cccc3ccccc23)c1. The number of hydrogen-bond donors (Lipinski definition) is 1. The second-order valence-electron chi connectivity index (χ2n) is 7.06. The van der Waals surface area contributed by atoms with E-state index in [-0.39, 0.29) is 0 Å². The lowest BCUT2D eigenvalue weighted by molar-refractivity contribution is 1.16. The largest absolute Gasteiger partial charge is 0.380 e. The summed E-state index contributed by atoms with van der Waals surface area (Å²) in [6.45, 7) is 0.785. The standard InChI is InChI=1S/C27H21N/c1-4-14-23-20(9-1)12-7-17-26(23)24-15-5-3-11-22(24)19-28-27-18-8-13-21-10-2-6-16-25(21)27/h1-18,28H,19H2. The minimum absolute atomic E-state index is 0.785. The first kappa shape index (κ1) is 16.6. The third-order valence-corrected chi connectivity index (χ3v) is 5.36. The van der Waals surface area contributed by atoms with E-state index in [1.54, 1.807) is 0 Å². The van der Waals surface area contributed by atoms with Crippen LogP contribution in [0.2, 0.25) is 0 Å². The van der Waals surface area contributed by atoms with E-state index < -0.39 is 0 Å². The molecule has 5 rings (SSSR count). The molecule has 0 radical (unpaired) electrons. The van der Waals surface area contributed by atoms with Crippen LogP contribution >= 0.6 is 0 Å². The van der Waals surface area contributed by atoms with E-state index in [1.807, 2.05) is 0 Å². The highest BCUT2D eigenvalue weighted by Gasteiger charge is 2.08. The number of rotatable bonds is 4. The molecule has 1 heteroatoms. The molecule has 0 aliphatic heterocycles. The normalized spacial score (nSPS) is 11.0. The van der Waals surface area contributed by atoms with Crippen LogP contribution in [0.4, 0.5) is 5.69 Å². The van der Waals surface area contributed by atoms with E-state index in [9.17, 15) is 0 Å². The van der Waals surface area contributed by atoms with E-state index in [0.29, 0.717) is 0 Å². The molecule has 0 bridgehead atoms. The maximum atomic E-state index is 3.66. The van der Waals surface area contributed by atoms with Gasteiger partial charge in [-0.2, -0.15) is 0 Å². The van der Waals surface area contributed by atoms with Crippen LogP contribution in [0, 0.1) is 0 Å². The summed E-state index contributed by atoms with van der Waals surface area (Å²) in [4.78, 5) is 0. The molecule has 0 fully saturated rings. The van der Waals surface area contributed by atoms with Crippen LogP contribution in [-0.4, -0.2) is 0 Å². The minimum atomic E-state index is 0.785.